The maximum atomic E-state index is 13.0. The molecule has 28 heavy (non-hydrogen) atoms. The summed E-state index contributed by atoms with van der Waals surface area (Å²) < 4.78 is 6.89. The maximum Gasteiger partial charge on any atom is 0.227 e. The van der Waals surface area contributed by atoms with Crippen molar-refractivity contribution in [3.8, 4) is 0 Å². The van der Waals surface area contributed by atoms with Crippen molar-refractivity contribution in [2.45, 2.75) is 32.1 Å². The second kappa shape index (κ2) is 7.06. The third-order valence-corrected chi connectivity index (χ3v) is 6.79. The molecule has 2 aromatic heterocycles. The molecular formula is C23H22N2O2S. The topological polar surface area (TPSA) is 46.3 Å². The van der Waals surface area contributed by atoms with Gasteiger partial charge in [0.05, 0.1) is 27.9 Å². The molecule has 1 saturated heterocycles. The zero-order valence-electron chi connectivity index (χ0n) is 15.9. The number of piperidine rings is 1. The van der Waals surface area contributed by atoms with Gasteiger partial charge >= 0.3 is 0 Å². The first-order valence-electron chi connectivity index (χ1n) is 9.77. The number of carbonyl (C=O) groups excluding carboxylic acids is 1. The number of likely N-dealkylation sites (tertiary alicyclic amines) is 1. The van der Waals surface area contributed by atoms with Gasteiger partial charge in [0.25, 0.3) is 0 Å². The molecule has 0 unspecified atom stereocenters. The van der Waals surface area contributed by atoms with E-state index >= 15 is 0 Å². The van der Waals surface area contributed by atoms with Gasteiger partial charge in [-0.1, -0.05) is 24.3 Å². The summed E-state index contributed by atoms with van der Waals surface area (Å²) in [5, 5.41) is 2.20. The normalized spacial score (nSPS) is 17.5. The van der Waals surface area contributed by atoms with Gasteiger partial charge in [0.15, 0.2) is 0 Å². The van der Waals surface area contributed by atoms with Crippen LogP contribution >= 0.6 is 11.3 Å². The highest BCUT2D eigenvalue weighted by Gasteiger charge is 2.27. The van der Waals surface area contributed by atoms with Gasteiger partial charge in [-0.15, -0.1) is 11.3 Å². The predicted octanol–water partition coefficient (Wildman–Crippen LogP) is 5.30. The minimum Gasteiger partial charge on any atom is -0.464 e. The first-order chi connectivity index (χ1) is 13.7. The second-order valence-electron chi connectivity index (χ2n) is 7.64. The van der Waals surface area contributed by atoms with Crippen molar-refractivity contribution in [2.75, 3.05) is 13.1 Å². The summed E-state index contributed by atoms with van der Waals surface area (Å²) >= 11 is 1.76. The van der Waals surface area contributed by atoms with E-state index in [0.717, 1.165) is 58.6 Å². The summed E-state index contributed by atoms with van der Waals surface area (Å²) in [5.41, 5.74) is 4.05. The first-order valence-corrected chi connectivity index (χ1v) is 10.6. The molecular weight excluding hydrogens is 368 g/mol. The Morgan fingerprint density at radius 1 is 1.29 bits per heavy atom. The van der Waals surface area contributed by atoms with Gasteiger partial charge in [0, 0.05) is 30.0 Å². The SMILES string of the molecule is Cc1ccc2c(CC(=O)N3CCC[C@@H](c4nc5ccccc5s4)C3)coc2c1. The first kappa shape index (κ1) is 17.4. The number of rotatable bonds is 3. The number of thiazole rings is 1. The number of fused-ring (bicyclic) bond motifs is 2. The minimum absolute atomic E-state index is 0.175. The van der Waals surface area contributed by atoms with Crippen LogP contribution in [0.5, 0.6) is 0 Å². The molecule has 0 radical (unpaired) electrons. The molecule has 4 nitrogen and oxygen atoms in total. The zero-order valence-corrected chi connectivity index (χ0v) is 16.7. The highest BCUT2D eigenvalue weighted by molar-refractivity contribution is 7.18. The molecule has 0 aliphatic carbocycles. The Kier molecular flexibility index (Phi) is 4.40. The zero-order chi connectivity index (χ0) is 19.1. The van der Waals surface area contributed by atoms with Gasteiger partial charge in [-0.05, 0) is 43.5 Å². The molecule has 142 valence electrons. The molecule has 0 N–H and O–H groups in total. The Hall–Kier alpha value is -2.66. The van der Waals surface area contributed by atoms with Crippen molar-refractivity contribution in [3.05, 3.63) is 64.9 Å². The van der Waals surface area contributed by atoms with E-state index in [4.69, 9.17) is 9.40 Å². The van der Waals surface area contributed by atoms with Crippen LogP contribution in [0.25, 0.3) is 21.2 Å². The highest BCUT2D eigenvalue weighted by Crippen LogP contribution is 2.33. The molecule has 3 heterocycles. The molecule has 1 aliphatic heterocycles. The average Bonchev–Trinajstić information content (AvgIpc) is 3.32. The summed E-state index contributed by atoms with van der Waals surface area (Å²) in [4.78, 5) is 19.8. The van der Waals surface area contributed by atoms with E-state index in [0.29, 0.717) is 12.3 Å². The lowest BCUT2D eigenvalue weighted by atomic mass is 9.98. The van der Waals surface area contributed by atoms with E-state index in [1.165, 1.54) is 4.70 Å². The van der Waals surface area contributed by atoms with Crippen molar-refractivity contribution >= 4 is 38.4 Å². The number of nitrogens with zero attached hydrogens (tertiary/aromatic N) is 2. The van der Waals surface area contributed by atoms with Gasteiger partial charge < -0.3 is 9.32 Å². The number of aromatic nitrogens is 1. The monoisotopic (exact) mass is 390 g/mol. The van der Waals surface area contributed by atoms with Crippen LogP contribution in [0.15, 0.2) is 53.1 Å². The Morgan fingerprint density at radius 2 is 2.18 bits per heavy atom. The molecule has 0 saturated carbocycles. The lowest BCUT2D eigenvalue weighted by molar-refractivity contribution is -0.131. The van der Waals surface area contributed by atoms with Crippen LogP contribution in [0.1, 0.15) is 34.9 Å². The molecule has 0 spiro atoms. The Bertz CT molecular complexity index is 1130. The largest absolute Gasteiger partial charge is 0.464 e. The summed E-state index contributed by atoms with van der Waals surface area (Å²) in [6, 6.07) is 14.4. The Morgan fingerprint density at radius 3 is 3.07 bits per heavy atom. The Balaban J connectivity index is 1.33. The van der Waals surface area contributed by atoms with Gasteiger partial charge in [0.1, 0.15) is 5.58 Å². The molecule has 5 rings (SSSR count). The van der Waals surface area contributed by atoms with Crippen LogP contribution < -0.4 is 0 Å². The molecule has 1 fully saturated rings. The quantitative estimate of drug-likeness (QED) is 0.477. The van der Waals surface area contributed by atoms with Gasteiger partial charge in [-0.2, -0.15) is 0 Å². The fourth-order valence-electron chi connectivity index (χ4n) is 4.07. The number of carbonyl (C=O) groups is 1. The second-order valence-corrected chi connectivity index (χ2v) is 8.70. The van der Waals surface area contributed by atoms with Gasteiger partial charge in [-0.3, -0.25) is 4.79 Å². The summed E-state index contributed by atoms with van der Waals surface area (Å²) in [5.74, 6) is 0.507. The number of para-hydroxylation sites is 1. The van der Waals surface area contributed by atoms with Crippen molar-refractivity contribution in [3.63, 3.8) is 0 Å². The average molecular weight is 391 g/mol. The number of hydrogen-bond acceptors (Lipinski definition) is 4. The number of hydrogen-bond donors (Lipinski definition) is 0. The summed E-state index contributed by atoms with van der Waals surface area (Å²) in [7, 11) is 0. The lowest BCUT2D eigenvalue weighted by Crippen LogP contribution is -2.39. The smallest absolute Gasteiger partial charge is 0.227 e. The van der Waals surface area contributed by atoms with Crippen LogP contribution in [0.4, 0.5) is 0 Å². The standard InChI is InChI=1S/C23H22N2O2S/c1-15-8-9-18-17(14-27-20(18)11-15)12-22(26)25-10-4-5-16(13-25)23-24-19-6-2-3-7-21(19)28-23/h2-3,6-9,11,14,16H,4-5,10,12-13H2,1H3/t16-/m1/s1. The van der Waals surface area contributed by atoms with Crippen LogP contribution in [0.2, 0.25) is 0 Å². The van der Waals surface area contributed by atoms with Crippen LogP contribution in [0, 0.1) is 6.92 Å². The van der Waals surface area contributed by atoms with E-state index in [9.17, 15) is 4.79 Å². The van der Waals surface area contributed by atoms with E-state index in [1.807, 2.05) is 24.0 Å². The van der Waals surface area contributed by atoms with Crippen molar-refractivity contribution in [2.24, 2.45) is 0 Å². The number of benzene rings is 2. The molecule has 1 amide bonds. The van der Waals surface area contributed by atoms with Crippen LogP contribution in [-0.2, 0) is 11.2 Å². The van der Waals surface area contributed by atoms with Crippen LogP contribution in [0.3, 0.4) is 0 Å². The highest BCUT2D eigenvalue weighted by atomic mass is 32.1. The van der Waals surface area contributed by atoms with Crippen molar-refractivity contribution in [1.82, 2.24) is 9.88 Å². The molecule has 5 heteroatoms. The maximum absolute atomic E-state index is 13.0. The lowest BCUT2D eigenvalue weighted by Gasteiger charge is -2.31. The molecule has 4 aromatic rings. The fraction of sp³-hybridized carbons (Fsp3) is 0.304. The molecule has 0 bridgehead atoms. The van der Waals surface area contributed by atoms with E-state index in [2.05, 4.69) is 30.3 Å². The fourth-order valence-corrected chi connectivity index (χ4v) is 5.17. The molecule has 1 atom stereocenters. The number of amides is 1. The van der Waals surface area contributed by atoms with E-state index < -0.39 is 0 Å². The molecule has 2 aromatic carbocycles. The van der Waals surface area contributed by atoms with E-state index in [1.54, 1.807) is 17.6 Å². The van der Waals surface area contributed by atoms with E-state index in [-0.39, 0.29) is 5.91 Å². The van der Waals surface area contributed by atoms with Crippen LogP contribution in [-0.4, -0.2) is 28.9 Å². The van der Waals surface area contributed by atoms with Crippen molar-refractivity contribution < 1.29 is 9.21 Å². The number of furan rings is 1. The van der Waals surface area contributed by atoms with Crippen molar-refractivity contribution in [1.29, 1.82) is 0 Å². The van der Waals surface area contributed by atoms with Gasteiger partial charge in [0.2, 0.25) is 5.91 Å². The summed E-state index contributed by atoms with van der Waals surface area (Å²) in [6.07, 6.45) is 4.24. The van der Waals surface area contributed by atoms with Gasteiger partial charge in [-0.25, -0.2) is 4.98 Å². The minimum atomic E-state index is 0.175. The molecule has 1 aliphatic rings. The summed E-state index contributed by atoms with van der Waals surface area (Å²) in [6.45, 7) is 3.63. The third-order valence-electron chi connectivity index (χ3n) is 5.59. The Labute approximate surface area is 167 Å². The third kappa shape index (κ3) is 3.20. The predicted molar refractivity (Wildman–Crippen MR) is 113 cm³/mol. The number of aryl methyl sites for hydroxylation is 1.